The zero-order valence-corrected chi connectivity index (χ0v) is 14.1. The van der Waals surface area contributed by atoms with Gasteiger partial charge in [0.25, 0.3) is 5.91 Å². The first-order valence-electron chi connectivity index (χ1n) is 8.43. The summed E-state index contributed by atoms with van der Waals surface area (Å²) in [6.07, 6.45) is 7.28. The van der Waals surface area contributed by atoms with Gasteiger partial charge in [-0.05, 0) is 43.0 Å². The third-order valence-corrected chi connectivity index (χ3v) is 6.14. The number of hydrogen-bond acceptors (Lipinski definition) is 3. The summed E-state index contributed by atoms with van der Waals surface area (Å²) < 4.78 is 0. The summed E-state index contributed by atoms with van der Waals surface area (Å²) in [6, 6.07) is 6.31. The lowest BCUT2D eigenvalue weighted by Crippen LogP contribution is -3.13. The van der Waals surface area contributed by atoms with E-state index in [-0.39, 0.29) is 5.91 Å². The molecule has 1 aliphatic carbocycles. The third-order valence-electron chi connectivity index (χ3n) is 4.92. The predicted molar refractivity (Wildman–Crippen MR) is 90.9 cm³/mol. The van der Waals surface area contributed by atoms with Crippen LogP contribution in [0.1, 0.15) is 32.1 Å². The molecule has 4 nitrogen and oxygen atoms in total. The molecule has 1 amide bonds. The minimum absolute atomic E-state index is 0.243. The summed E-state index contributed by atoms with van der Waals surface area (Å²) in [5.74, 6) is 0.243. The van der Waals surface area contributed by atoms with E-state index in [4.69, 9.17) is 0 Å². The normalized spacial score (nSPS) is 18.2. The average Bonchev–Trinajstić information content (AvgIpc) is 3.17. The molecule has 2 aromatic rings. The van der Waals surface area contributed by atoms with E-state index in [1.54, 1.807) is 16.2 Å². The van der Waals surface area contributed by atoms with Crippen LogP contribution in [-0.4, -0.2) is 42.0 Å². The van der Waals surface area contributed by atoms with Crippen LogP contribution in [0.2, 0.25) is 0 Å². The van der Waals surface area contributed by atoms with Gasteiger partial charge in [0.2, 0.25) is 0 Å². The Morgan fingerprint density at radius 1 is 1.22 bits per heavy atom. The highest BCUT2D eigenvalue weighted by atomic mass is 32.1. The summed E-state index contributed by atoms with van der Waals surface area (Å²) in [6.45, 7) is 4.81. The largest absolute Gasteiger partial charge is 0.328 e. The molecule has 1 saturated heterocycles. The number of thiophene rings is 1. The number of hydrogen-bond donors (Lipinski definition) is 1. The maximum absolute atomic E-state index is 12.7. The van der Waals surface area contributed by atoms with Crippen LogP contribution in [0, 0.1) is 0 Å². The van der Waals surface area contributed by atoms with E-state index >= 15 is 0 Å². The molecule has 0 unspecified atom stereocenters. The quantitative estimate of drug-likeness (QED) is 0.918. The van der Waals surface area contributed by atoms with Crippen LogP contribution >= 0.6 is 11.3 Å². The van der Waals surface area contributed by atoms with Crippen LogP contribution in [0.3, 0.4) is 0 Å². The Labute approximate surface area is 140 Å². The van der Waals surface area contributed by atoms with E-state index in [9.17, 15) is 4.79 Å². The van der Waals surface area contributed by atoms with Crippen LogP contribution in [0.5, 0.6) is 0 Å². The molecule has 1 N–H and O–H groups in total. The van der Waals surface area contributed by atoms with Gasteiger partial charge in [0, 0.05) is 22.8 Å². The van der Waals surface area contributed by atoms with Crippen molar-refractivity contribution >= 4 is 17.2 Å². The van der Waals surface area contributed by atoms with Crippen molar-refractivity contribution in [1.82, 2.24) is 9.88 Å². The number of pyridine rings is 1. The first kappa shape index (κ1) is 14.8. The lowest BCUT2D eigenvalue weighted by atomic mass is 10.2. The second-order valence-corrected chi connectivity index (χ2v) is 7.62. The summed E-state index contributed by atoms with van der Waals surface area (Å²) >= 11 is 1.72. The average molecular weight is 328 g/mol. The fourth-order valence-electron chi connectivity index (χ4n) is 3.58. The standard InChI is InChI=1S/C18H21N3OS/c22-18(17-12-15-2-1-3-16(15)23-17)21-10-8-20(9-11-21)13-14-4-6-19-7-5-14/h4-7,12H,1-3,8-11,13H2/p+1. The van der Waals surface area contributed by atoms with Gasteiger partial charge in [-0.1, -0.05) is 0 Å². The summed E-state index contributed by atoms with van der Waals surface area (Å²) in [7, 11) is 0. The number of nitrogens with zero attached hydrogens (tertiary/aromatic N) is 2. The molecule has 120 valence electrons. The van der Waals surface area contributed by atoms with Gasteiger partial charge >= 0.3 is 0 Å². The summed E-state index contributed by atoms with van der Waals surface area (Å²) in [5, 5.41) is 0. The minimum Gasteiger partial charge on any atom is -0.328 e. The van der Waals surface area contributed by atoms with Crippen molar-refractivity contribution in [3.8, 4) is 0 Å². The second-order valence-electron chi connectivity index (χ2n) is 6.49. The van der Waals surface area contributed by atoms with Crippen LogP contribution < -0.4 is 4.90 Å². The number of rotatable bonds is 3. The third kappa shape index (κ3) is 3.16. The van der Waals surface area contributed by atoms with E-state index in [2.05, 4.69) is 23.2 Å². The zero-order chi connectivity index (χ0) is 15.6. The van der Waals surface area contributed by atoms with Crippen molar-refractivity contribution in [2.24, 2.45) is 0 Å². The van der Waals surface area contributed by atoms with Crippen molar-refractivity contribution in [3.05, 3.63) is 51.5 Å². The van der Waals surface area contributed by atoms with Crippen LogP contribution in [0.15, 0.2) is 30.6 Å². The molecule has 0 saturated carbocycles. The van der Waals surface area contributed by atoms with Gasteiger partial charge in [0.05, 0.1) is 31.1 Å². The lowest BCUT2D eigenvalue weighted by molar-refractivity contribution is -0.917. The Balaban J connectivity index is 1.34. The van der Waals surface area contributed by atoms with Gasteiger partial charge < -0.3 is 9.80 Å². The Hall–Kier alpha value is -1.72. The van der Waals surface area contributed by atoms with Crippen LogP contribution in [0.4, 0.5) is 0 Å². The number of carbonyl (C=O) groups excluding carboxylic acids is 1. The molecule has 0 spiro atoms. The molecule has 0 radical (unpaired) electrons. The maximum atomic E-state index is 12.7. The highest BCUT2D eigenvalue weighted by Crippen LogP contribution is 2.31. The highest BCUT2D eigenvalue weighted by Gasteiger charge is 2.27. The summed E-state index contributed by atoms with van der Waals surface area (Å²) in [5.41, 5.74) is 2.74. The molecule has 5 heteroatoms. The molecule has 2 aromatic heterocycles. The van der Waals surface area contributed by atoms with E-state index in [0.29, 0.717) is 0 Å². The smallest absolute Gasteiger partial charge is 0.264 e. The molecule has 1 aliphatic heterocycles. The van der Waals surface area contributed by atoms with Crippen molar-refractivity contribution < 1.29 is 9.69 Å². The van der Waals surface area contributed by atoms with E-state index < -0.39 is 0 Å². The molecule has 1 fully saturated rings. The number of nitrogens with one attached hydrogen (secondary N) is 1. The van der Waals surface area contributed by atoms with E-state index in [1.165, 1.54) is 22.4 Å². The van der Waals surface area contributed by atoms with Crippen molar-refractivity contribution in [2.45, 2.75) is 25.8 Å². The first-order chi connectivity index (χ1) is 11.3. The van der Waals surface area contributed by atoms with Crippen LogP contribution in [-0.2, 0) is 19.4 Å². The highest BCUT2D eigenvalue weighted by molar-refractivity contribution is 7.14. The topological polar surface area (TPSA) is 37.6 Å². The number of carbonyl (C=O) groups is 1. The van der Waals surface area contributed by atoms with E-state index in [1.807, 2.05) is 17.3 Å². The monoisotopic (exact) mass is 328 g/mol. The van der Waals surface area contributed by atoms with Crippen molar-refractivity contribution in [1.29, 1.82) is 0 Å². The fourth-order valence-corrected chi connectivity index (χ4v) is 4.80. The van der Waals surface area contributed by atoms with E-state index in [0.717, 1.165) is 50.4 Å². The van der Waals surface area contributed by atoms with Gasteiger partial charge in [-0.2, -0.15) is 0 Å². The Kier molecular flexibility index (Phi) is 4.14. The van der Waals surface area contributed by atoms with Gasteiger partial charge in [-0.15, -0.1) is 11.3 Å². The molecule has 2 aliphatic rings. The molecule has 4 rings (SSSR count). The molecule has 0 atom stereocenters. The number of amides is 1. The number of fused-ring (bicyclic) bond motifs is 1. The zero-order valence-electron chi connectivity index (χ0n) is 13.3. The Bertz CT molecular complexity index is 668. The SMILES string of the molecule is O=C(c1cc2c(s1)CCC2)N1CC[NH+](Cc2ccncc2)CC1. The van der Waals surface area contributed by atoms with Gasteiger partial charge in [-0.25, -0.2) is 0 Å². The van der Waals surface area contributed by atoms with Gasteiger partial charge in [-0.3, -0.25) is 9.78 Å². The van der Waals surface area contributed by atoms with Crippen molar-refractivity contribution in [2.75, 3.05) is 26.2 Å². The molecule has 0 aromatic carbocycles. The fraction of sp³-hybridized carbons (Fsp3) is 0.444. The van der Waals surface area contributed by atoms with Crippen molar-refractivity contribution in [3.63, 3.8) is 0 Å². The Morgan fingerprint density at radius 3 is 2.74 bits per heavy atom. The molecule has 23 heavy (non-hydrogen) atoms. The molecular formula is C18H22N3OS+. The Morgan fingerprint density at radius 2 is 2.00 bits per heavy atom. The maximum Gasteiger partial charge on any atom is 0.264 e. The molecule has 3 heterocycles. The lowest BCUT2D eigenvalue weighted by Gasteiger charge is -2.32. The predicted octanol–water partition coefficient (Wildman–Crippen LogP) is 1.17. The molecule has 0 bridgehead atoms. The van der Waals surface area contributed by atoms with Gasteiger partial charge in [0.15, 0.2) is 0 Å². The minimum atomic E-state index is 0.243. The second kappa shape index (κ2) is 6.42. The number of piperazine rings is 1. The van der Waals surface area contributed by atoms with Gasteiger partial charge in [0.1, 0.15) is 6.54 Å². The first-order valence-corrected chi connectivity index (χ1v) is 9.24. The number of quaternary nitrogens is 1. The number of aryl methyl sites for hydroxylation is 2. The molecular weight excluding hydrogens is 306 g/mol. The van der Waals surface area contributed by atoms with Crippen LogP contribution in [0.25, 0.3) is 0 Å². The number of aromatic nitrogens is 1. The summed E-state index contributed by atoms with van der Waals surface area (Å²) in [4.78, 5) is 22.7.